The maximum atomic E-state index is 5.74. The van der Waals surface area contributed by atoms with E-state index >= 15 is 0 Å². The van der Waals surface area contributed by atoms with E-state index in [1.807, 2.05) is 19.1 Å². The van der Waals surface area contributed by atoms with E-state index in [0.29, 0.717) is 6.04 Å². The first-order valence-electron chi connectivity index (χ1n) is 5.18. The van der Waals surface area contributed by atoms with Crippen molar-refractivity contribution in [2.75, 3.05) is 17.2 Å². The van der Waals surface area contributed by atoms with E-state index in [2.05, 4.69) is 16.8 Å². The quantitative estimate of drug-likeness (QED) is 0.737. The highest BCUT2D eigenvalue weighted by Crippen LogP contribution is 2.24. The molecule has 1 fully saturated rings. The molecule has 76 valence electrons. The van der Waals surface area contributed by atoms with Crippen molar-refractivity contribution < 1.29 is 0 Å². The summed E-state index contributed by atoms with van der Waals surface area (Å²) < 4.78 is 0. The van der Waals surface area contributed by atoms with Gasteiger partial charge in [0.25, 0.3) is 0 Å². The fraction of sp³-hybridized carbons (Fsp3) is 0.545. The first-order valence-corrected chi connectivity index (χ1v) is 5.18. The molecule has 14 heavy (non-hydrogen) atoms. The molecule has 0 unspecified atom stereocenters. The van der Waals surface area contributed by atoms with E-state index in [9.17, 15) is 0 Å². The Kier molecular flexibility index (Phi) is 2.32. The number of nitrogens with zero attached hydrogens (tertiary/aromatic N) is 2. The second-order valence-electron chi connectivity index (χ2n) is 4.03. The van der Waals surface area contributed by atoms with E-state index in [0.717, 1.165) is 23.7 Å². The lowest BCUT2D eigenvalue weighted by atomic mass is 10.2. The van der Waals surface area contributed by atoms with Crippen molar-refractivity contribution in [3.63, 3.8) is 0 Å². The van der Waals surface area contributed by atoms with Crippen molar-refractivity contribution in [1.82, 2.24) is 4.98 Å². The molecular formula is C11H17N3. The first kappa shape index (κ1) is 9.31. The highest BCUT2D eigenvalue weighted by molar-refractivity contribution is 5.51. The lowest BCUT2D eigenvalue weighted by Crippen LogP contribution is -2.27. The van der Waals surface area contributed by atoms with Gasteiger partial charge in [0, 0.05) is 12.6 Å². The minimum absolute atomic E-state index is 0.616. The van der Waals surface area contributed by atoms with Gasteiger partial charge in [0.15, 0.2) is 0 Å². The van der Waals surface area contributed by atoms with Gasteiger partial charge in [0.2, 0.25) is 0 Å². The molecule has 2 N–H and O–H groups in total. The molecule has 0 radical (unpaired) electrons. The van der Waals surface area contributed by atoms with Crippen LogP contribution in [0.1, 0.15) is 25.5 Å². The van der Waals surface area contributed by atoms with Crippen LogP contribution >= 0.6 is 0 Å². The molecule has 0 aliphatic carbocycles. The van der Waals surface area contributed by atoms with E-state index in [1.54, 1.807) is 0 Å². The highest BCUT2D eigenvalue weighted by Gasteiger charge is 2.21. The molecule has 1 aliphatic heterocycles. The number of pyridine rings is 1. The van der Waals surface area contributed by atoms with Gasteiger partial charge in [-0.3, -0.25) is 0 Å². The maximum Gasteiger partial charge on any atom is 0.129 e. The Bertz CT molecular complexity index is 335. The molecule has 0 amide bonds. The molecule has 2 heterocycles. The molecule has 1 aliphatic rings. The van der Waals surface area contributed by atoms with Crippen LogP contribution < -0.4 is 10.6 Å². The average Bonchev–Trinajstić information content (AvgIpc) is 2.57. The number of hydrogen-bond donors (Lipinski definition) is 1. The van der Waals surface area contributed by atoms with Crippen LogP contribution in [0.15, 0.2) is 12.1 Å². The SMILES string of the molecule is Cc1nc(N2CCC[C@@H]2C)ccc1N. The minimum atomic E-state index is 0.616. The number of aromatic nitrogens is 1. The van der Waals surface area contributed by atoms with Gasteiger partial charge < -0.3 is 10.6 Å². The molecule has 1 saturated heterocycles. The second kappa shape index (κ2) is 3.48. The molecular weight excluding hydrogens is 174 g/mol. The van der Waals surface area contributed by atoms with Gasteiger partial charge in [-0.15, -0.1) is 0 Å². The van der Waals surface area contributed by atoms with Gasteiger partial charge in [0.05, 0.1) is 11.4 Å². The average molecular weight is 191 g/mol. The van der Waals surface area contributed by atoms with Crippen LogP contribution in [0, 0.1) is 6.92 Å². The summed E-state index contributed by atoms with van der Waals surface area (Å²) in [6.07, 6.45) is 2.54. The fourth-order valence-corrected chi connectivity index (χ4v) is 1.99. The molecule has 0 aromatic carbocycles. The largest absolute Gasteiger partial charge is 0.397 e. The van der Waals surface area contributed by atoms with Gasteiger partial charge in [-0.25, -0.2) is 4.98 Å². The molecule has 1 aromatic heterocycles. The van der Waals surface area contributed by atoms with Crippen LogP contribution in [0.3, 0.4) is 0 Å². The van der Waals surface area contributed by atoms with E-state index in [4.69, 9.17) is 5.73 Å². The maximum absolute atomic E-state index is 5.74. The normalized spacial score (nSPS) is 21.6. The van der Waals surface area contributed by atoms with Crippen LogP contribution in [0.4, 0.5) is 11.5 Å². The molecule has 3 heteroatoms. The number of aryl methyl sites for hydroxylation is 1. The van der Waals surface area contributed by atoms with Crippen LogP contribution in [-0.2, 0) is 0 Å². The monoisotopic (exact) mass is 191 g/mol. The predicted molar refractivity (Wildman–Crippen MR) is 59.4 cm³/mol. The third-order valence-corrected chi connectivity index (χ3v) is 2.96. The third-order valence-electron chi connectivity index (χ3n) is 2.96. The second-order valence-corrected chi connectivity index (χ2v) is 4.03. The van der Waals surface area contributed by atoms with Gasteiger partial charge >= 0.3 is 0 Å². The predicted octanol–water partition coefficient (Wildman–Crippen LogP) is 1.96. The summed E-state index contributed by atoms with van der Waals surface area (Å²) in [5, 5.41) is 0. The topological polar surface area (TPSA) is 42.2 Å². The molecule has 0 spiro atoms. The van der Waals surface area contributed by atoms with Crippen molar-refractivity contribution in [3.05, 3.63) is 17.8 Å². The summed E-state index contributed by atoms with van der Waals surface area (Å²) in [6, 6.07) is 4.58. The third kappa shape index (κ3) is 1.54. The summed E-state index contributed by atoms with van der Waals surface area (Å²) >= 11 is 0. The van der Waals surface area contributed by atoms with Gasteiger partial charge in [-0.2, -0.15) is 0 Å². The van der Waals surface area contributed by atoms with Crippen molar-refractivity contribution in [3.8, 4) is 0 Å². The van der Waals surface area contributed by atoms with E-state index in [-0.39, 0.29) is 0 Å². The summed E-state index contributed by atoms with van der Waals surface area (Å²) in [5.41, 5.74) is 7.45. The van der Waals surface area contributed by atoms with Crippen LogP contribution in [0.25, 0.3) is 0 Å². The minimum Gasteiger partial charge on any atom is -0.397 e. The number of rotatable bonds is 1. The molecule has 2 rings (SSSR count). The van der Waals surface area contributed by atoms with Crippen molar-refractivity contribution in [2.24, 2.45) is 0 Å². The molecule has 0 saturated carbocycles. The summed E-state index contributed by atoms with van der Waals surface area (Å²) in [4.78, 5) is 6.86. The highest BCUT2D eigenvalue weighted by atomic mass is 15.2. The Labute approximate surface area is 84.9 Å². The Balaban J connectivity index is 2.28. The summed E-state index contributed by atoms with van der Waals surface area (Å²) in [6.45, 7) is 5.33. The number of nitrogen functional groups attached to an aromatic ring is 1. The number of hydrogen-bond acceptors (Lipinski definition) is 3. The Hall–Kier alpha value is -1.25. The fourth-order valence-electron chi connectivity index (χ4n) is 1.99. The Morgan fingerprint density at radius 1 is 1.50 bits per heavy atom. The van der Waals surface area contributed by atoms with Crippen molar-refractivity contribution >= 4 is 11.5 Å². The Morgan fingerprint density at radius 3 is 2.86 bits per heavy atom. The van der Waals surface area contributed by atoms with E-state index < -0.39 is 0 Å². The first-order chi connectivity index (χ1) is 6.68. The lowest BCUT2D eigenvalue weighted by Gasteiger charge is -2.22. The molecule has 1 aromatic rings. The number of anilines is 2. The number of nitrogens with two attached hydrogens (primary N) is 1. The van der Waals surface area contributed by atoms with Crippen LogP contribution in [0.2, 0.25) is 0 Å². The molecule has 3 nitrogen and oxygen atoms in total. The van der Waals surface area contributed by atoms with Crippen molar-refractivity contribution in [1.29, 1.82) is 0 Å². The zero-order valence-corrected chi connectivity index (χ0v) is 8.83. The lowest BCUT2D eigenvalue weighted by molar-refractivity contribution is 0.726. The zero-order chi connectivity index (χ0) is 10.1. The van der Waals surface area contributed by atoms with E-state index in [1.165, 1.54) is 12.8 Å². The van der Waals surface area contributed by atoms with Gasteiger partial charge in [-0.1, -0.05) is 0 Å². The standard InChI is InChI=1S/C11H17N3/c1-8-4-3-7-14(8)11-6-5-10(12)9(2)13-11/h5-6,8H,3-4,7,12H2,1-2H3/t8-/m0/s1. The molecule has 0 bridgehead atoms. The van der Waals surface area contributed by atoms with Crippen molar-refractivity contribution in [2.45, 2.75) is 32.7 Å². The van der Waals surface area contributed by atoms with Gasteiger partial charge in [-0.05, 0) is 38.8 Å². The summed E-state index contributed by atoms with van der Waals surface area (Å²) in [7, 11) is 0. The molecule has 1 atom stereocenters. The van der Waals surface area contributed by atoms with Gasteiger partial charge in [0.1, 0.15) is 5.82 Å². The van der Waals surface area contributed by atoms with Crippen LogP contribution in [0.5, 0.6) is 0 Å². The zero-order valence-electron chi connectivity index (χ0n) is 8.83. The van der Waals surface area contributed by atoms with Crippen LogP contribution in [-0.4, -0.2) is 17.6 Å². The smallest absolute Gasteiger partial charge is 0.129 e. The summed E-state index contributed by atoms with van der Waals surface area (Å²) in [5.74, 6) is 1.07. The Morgan fingerprint density at radius 2 is 2.29 bits per heavy atom.